The van der Waals surface area contributed by atoms with E-state index in [1.54, 1.807) is 12.1 Å². The van der Waals surface area contributed by atoms with Crippen LogP contribution in [0.4, 0.5) is 0 Å². The van der Waals surface area contributed by atoms with Crippen molar-refractivity contribution in [3.63, 3.8) is 0 Å². The van der Waals surface area contributed by atoms with E-state index < -0.39 is 6.10 Å². The van der Waals surface area contributed by atoms with Crippen LogP contribution in [0.1, 0.15) is 12.5 Å². The van der Waals surface area contributed by atoms with E-state index in [9.17, 15) is 5.11 Å². The minimum absolute atomic E-state index is 0. The van der Waals surface area contributed by atoms with E-state index in [1.165, 1.54) is 5.56 Å². The number of ether oxygens (including phenoxy) is 1. The first-order chi connectivity index (χ1) is 10.6. The van der Waals surface area contributed by atoms with Gasteiger partial charge in [-0.3, -0.25) is 0 Å². The highest BCUT2D eigenvalue weighted by molar-refractivity contribution is 6.30. The number of quaternary nitrogens is 1. The van der Waals surface area contributed by atoms with Crippen LogP contribution in [0.25, 0.3) is 0 Å². The van der Waals surface area contributed by atoms with Crippen LogP contribution in [0.5, 0.6) is 5.75 Å². The number of benzene rings is 2. The van der Waals surface area contributed by atoms with Crippen LogP contribution in [-0.2, 0) is 6.42 Å². The van der Waals surface area contributed by atoms with Crippen LogP contribution in [0.3, 0.4) is 0 Å². The molecule has 0 aliphatic heterocycles. The van der Waals surface area contributed by atoms with Crippen molar-refractivity contribution in [2.24, 2.45) is 0 Å². The van der Waals surface area contributed by atoms with Gasteiger partial charge in [0, 0.05) is 11.4 Å². The van der Waals surface area contributed by atoms with Gasteiger partial charge in [-0.05, 0) is 30.7 Å². The quantitative estimate of drug-likeness (QED) is 0.656. The lowest BCUT2D eigenvalue weighted by atomic mass is 10.1. The van der Waals surface area contributed by atoms with Gasteiger partial charge < -0.3 is 27.6 Å². The van der Waals surface area contributed by atoms with Gasteiger partial charge in [-0.1, -0.05) is 48.0 Å². The SMILES string of the molecule is CC(Cc1ccccc1)[NH2+]CC(O)COc1cccc(Cl)c1.[Cl-]. The summed E-state index contributed by atoms with van der Waals surface area (Å²) >= 11 is 5.89. The Hall–Kier alpha value is -1.26. The van der Waals surface area contributed by atoms with Crippen LogP contribution in [0.15, 0.2) is 54.6 Å². The predicted octanol–water partition coefficient (Wildman–Crippen LogP) is -0.722. The average Bonchev–Trinajstić information content (AvgIpc) is 2.52. The monoisotopic (exact) mass is 355 g/mol. The highest BCUT2D eigenvalue weighted by Crippen LogP contribution is 2.17. The van der Waals surface area contributed by atoms with Gasteiger partial charge in [0.1, 0.15) is 25.0 Å². The van der Waals surface area contributed by atoms with Crippen molar-refractivity contribution in [1.29, 1.82) is 0 Å². The van der Waals surface area contributed by atoms with Gasteiger partial charge >= 0.3 is 0 Å². The van der Waals surface area contributed by atoms with E-state index >= 15 is 0 Å². The second-order valence-corrected chi connectivity index (χ2v) is 6.00. The number of hydrogen-bond acceptors (Lipinski definition) is 2. The largest absolute Gasteiger partial charge is 1.00 e. The Bertz CT molecular complexity index is 566. The van der Waals surface area contributed by atoms with Crippen molar-refractivity contribution < 1.29 is 27.6 Å². The fourth-order valence-corrected chi connectivity index (χ4v) is 2.46. The third-order valence-electron chi connectivity index (χ3n) is 3.45. The molecule has 3 N–H and O–H groups in total. The maximum atomic E-state index is 10.0. The summed E-state index contributed by atoms with van der Waals surface area (Å²) in [6, 6.07) is 18.0. The molecule has 0 amide bonds. The Kier molecular flexibility index (Phi) is 9.03. The summed E-state index contributed by atoms with van der Waals surface area (Å²) in [5, 5.41) is 12.8. The van der Waals surface area contributed by atoms with Gasteiger partial charge in [-0.2, -0.15) is 0 Å². The zero-order valence-electron chi connectivity index (χ0n) is 13.2. The lowest BCUT2D eigenvalue weighted by Crippen LogP contribution is -3.00. The highest BCUT2D eigenvalue weighted by atomic mass is 35.5. The molecule has 0 saturated heterocycles. The van der Waals surface area contributed by atoms with Crippen molar-refractivity contribution >= 4 is 11.6 Å². The zero-order valence-corrected chi connectivity index (χ0v) is 14.7. The van der Waals surface area contributed by atoms with Crippen LogP contribution in [-0.4, -0.2) is 30.4 Å². The van der Waals surface area contributed by atoms with E-state index in [-0.39, 0.29) is 19.0 Å². The van der Waals surface area contributed by atoms with Crippen molar-refractivity contribution in [3.8, 4) is 5.75 Å². The summed E-state index contributed by atoms with van der Waals surface area (Å²) in [5.41, 5.74) is 1.32. The van der Waals surface area contributed by atoms with Gasteiger partial charge in [-0.15, -0.1) is 0 Å². The molecular formula is C18H23Cl2NO2. The molecule has 2 atom stereocenters. The molecular weight excluding hydrogens is 333 g/mol. The molecule has 0 aliphatic carbocycles. The maximum Gasteiger partial charge on any atom is 0.137 e. The maximum absolute atomic E-state index is 10.0. The number of halogens is 2. The molecule has 2 rings (SSSR count). The normalized spacial score (nSPS) is 13.0. The molecule has 23 heavy (non-hydrogen) atoms. The fraction of sp³-hybridized carbons (Fsp3) is 0.333. The van der Waals surface area contributed by atoms with Gasteiger partial charge in [0.2, 0.25) is 0 Å². The number of aliphatic hydroxyl groups excluding tert-OH is 1. The first-order valence-corrected chi connectivity index (χ1v) is 7.95. The molecule has 2 aromatic carbocycles. The summed E-state index contributed by atoms with van der Waals surface area (Å²) in [4.78, 5) is 0. The molecule has 0 fully saturated rings. The van der Waals surface area contributed by atoms with E-state index in [4.69, 9.17) is 16.3 Å². The van der Waals surface area contributed by atoms with Gasteiger partial charge in [0.25, 0.3) is 0 Å². The van der Waals surface area contributed by atoms with E-state index in [1.807, 2.05) is 18.2 Å². The molecule has 0 saturated carbocycles. The van der Waals surface area contributed by atoms with Crippen LogP contribution >= 0.6 is 11.6 Å². The molecule has 0 radical (unpaired) electrons. The average molecular weight is 356 g/mol. The molecule has 5 heteroatoms. The van der Waals surface area contributed by atoms with Crippen LogP contribution in [0, 0.1) is 0 Å². The number of hydrogen-bond donors (Lipinski definition) is 2. The van der Waals surface area contributed by atoms with Crippen molar-refractivity contribution in [2.45, 2.75) is 25.5 Å². The highest BCUT2D eigenvalue weighted by Gasteiger charge is 2.12. The fourth-order valence-electron chi connectivity index (χ4n) is 2.28. The number of aliphatic hydroxyl groups is 1. The Morgan fingerprint density at radius 3 is 2.57 bits per heavy atom. The van der Waals surface area contributed by atoms with Crippen molar-refractivity contribution in [3.05, 3.63) is 65.2 Å². The lowest BCUT2D eigenvalue weighted by Gasteiger charge is -2.15. The molecule has 3 nitrogen and oxygen atoms in total. The molecule has 0 bridgehead atoms. The smallest absolute Gasteiger partial charge is 0.137 e. The summed E-state index contributed by atoms with van der Waals surface area (Å²) in [7, 11) is 0. The van der Waals surface area contributed by atoms with Crippen LogP contribution in [0.2, 0.25) is 5.02 Å². The lowest BCUT2D eigenvalue weighted by molar-refractivity contribution is -0.691. The summed E-state index contributed by atoms with van der Waals surface area (Å²) < 4.78 is 5.54. The zero-order chi connectivity index (χ0) is 15.8. The van der Waals surface area contributed by atoms with Crippen molar-refractivity contribution in [2.75, 3.05) is 13.2 Å². The Labute approximate surface area is 149 Å². The van der Waals surface area contributed by atoms with Crippen molar-refractivity contribution in [1.82, 2.24) is 0 Å². The topological polar surface area (TPSA) is 46.1 Å². The Morgan fingerprint density at radius 1 is 1.13 bits per heavy atom. The summed E-state index contributed by atoms with van der Waals surface area (Å²) in [6.07, 6.45) is 0.486. The standard InChI is InChI=1S/C18H22ClNO2.ClH/c1-14(10-15-6-3-2-4-7-15)20-12-17(21)13-22-18-9-5-8-16(19)11-18;/h2-9,11,14,17,20-21H,10,12-13H2,1H3;1H. The molecule has 0 aliphatic rings. The molecule has 0 aromatic heterocycles. The summed E-state index contributed by atoms with van der Waals surface area (Å²) in [6.45, 7) is 3.06. The first kappa shape index (κ1) is 19.8. The van der Waals surface area contributed by atoms with Crippen LogP contribution < -0.4 is 22.5 Å². The number of nitrogens with two attached hydrogens (primary N) is 1. The van der Waals surface area contributed by atoms with E-state index in [0.717, 1.165) is 6.42 Å². The molecule has 126 valence electrons. The molecule has 0 spiro atoms. The first-order valence-electron chi connectivity index (χ1n) is 7.57. The van der Waals surface area contributed by atoms with Gasteiger partial charge in [0.05, 0.1) is 6.04 Å². The second kappa shape index (κ2) is 10.5. The Balaban J connectivity index is 0.00000264. The molecule has 2 aromatic rings. The second-order valence-electron chi connectivity index (χ2n) is 5.56. The molecule has 2 unspecified atom stereocenters. The molecule has 0 heterocycles. The Morgan fingerprint density at radius 2 is 1.87 bits per heavy atom. The minimum Gasteiger partial charge on any atom is -1.00 e. The van der Waals surface area contributed by atoms with E-state index in [2.05, 4.69) is 36.5 Å². The third kappa shape index (κ3) is 7.71. The third-order valence-corrected chi connectivity index (χ3v) is 3.68. The summed E-state index contributed by atoms with van der Waals surface area (Å²) in [5.74, 6) is 0.684. The van der Waals surface area contributed by atoms with Gasteiger partial charge in [0.15, 0.2) is 0 Å². The minimum atomic E-state index is -0.503. The number of rotatable bonds is 8. The van der Waals surface area contributed by atoms with Gasteiger partial charge in [-0.25, -0.2) is 0 Å². The van der Waals surface area contributed by atoms with E-state index in [0.29, 0.717) is 23.4 Å². The predicted molar refractivity (Wildman–Crippen MR) is 89.4 cm³/mol.